The third-order valence-electron chi connectivity index (χ3n) is 1.49. The highest BCUT2D eigenvalue weighted by molar-refractivity contribution is 5.45. The van der Waals surface area contributed by atoms with Crippen molar-refractivity contribution in [2.45, 2.75) is 27.4 Å². The summed E-state index contributed by atoms with van der Waals surface area (Å²) in [5.41, 5.74) is 8.30. The number of nitrogen functional groups attached to an aromatic ring is 1. The molecule has 1 rings (SSSR count). The maximum atomic E-state index is 5.66. The Morgan fingerprint density at radius 2 is 2.08 bits per heavy atom. The van der Waals surface area contributed by atoms with Gasteiger partial charge in [-0.1, -0.05) is 13.8 Å². The van der Waals surface area contributed by atoms with Gasteiger partial charge in [-0.2, -0.15) is 0 Å². The van der Waals surface area contributed by atoms with Crippen LogP contribution < -0.4 is 5.73 Å². The molecule has 1 aromatic heterocycles. The van der Waals surface area contributed by atoms with Crippen LogP contribution in [0.4, 0.5) is 5.69 Å². The van der Waals surface area contributed by atoms with E-state index in [1.807, 2.05) is 26.8 Å². The van der Waals surface area contributed by atoms with Gasteiger partial charge in [0.1, 0.15) is 0 Å². The van der Waals surface area contributed by atoms with Gasteiger partial charge in [0, 0.05) is 19.0 Å². The zero-order valence-electron chi connectivity index (χ0n) is 8.79. The summed E-state index contributed by atoms with van der Waals surface area (Å²) < 4.78 is 4.90. The van der Waals surface area contributed by atoms with Crippen molar-refractivity contribution in [3.63, 3.8) is 0 Å². The van der Waals surface area contributed by atoms with Crippen LogP contribution in [0, 0.1) is 6.92 Å². The van der Waals surface area contributed by atoms with E-state index in [9.17, 15) is 0 Å². The van der Waals surface area contributed by atoms with Gasteiger partial charge in [0.2, 0.25) is 0 Å². The molecule has 0 aliphatic heterocycles. The van der Waals surface area contributed by atoms with Crippen LogP contribution in [0.2, 0.25) is 0 Å². The van der Waals surface area contributed by atoms with Crippen molar-refractivity contribution in [2.24, 2.45) is 0 Å². The molecule has 0 fully saturated rings. The zero-order chi connectivity index (χ0) is 10.3. The van der Waals surface area contributed by atoms with Crippen LogP contribution in [-0.2, 0) is 11.3 Å². The molecule has 1 aromatic rings. The van der Waals surface area contributed by atoms with E-state index in [1.54, 1.807) is 13.3 Å². The van der Waals surface area contributed by atoms with Gasteiger partial charge >= 0.3 is 0 Å². The Labute approximate surface area is 79.9 Å². The van der Waals surface area contributed by atoms with Crippen LogP contribution in [-0.4, -0.2) is 12.1 Å². The quantitative estimate of drug-likeness (QED) is 0.762. The first-order valence-corrected chi connectivity index (χ1v) is 4.44. The number of hydrogen-bond donors (Lipinski definition) is 1. The maximum absolute atomic E-state index is 5.66. The lowest BCUT2D eigenvalue weighted by Crippen LogP contribution is -1.96. The summed E-state index contributed by atoms with van der Waals surface area (Å²) in [4.78, 5) is 4.12. The number of nitrogens with zero attached hydrogens (tertiary/aromatic N) is 1. The smallest absolute Gasteiger partial charge is 0.0884 e. The molecule has 2 N–H and O–H groups in total. The Morgan fingerprint density at radius 1 is 1.46 bits per heavy atom. The highest BCUT2D eigenvalue weighted by atomic mass is 16.5. The lowest BCUT2D eigenvalue weighted by Gasteiger charge is -2.01. The van der Waals surface area contributed by atoms with Gasteiger partial charge < -0.3 is 10.5 Å². The van der Waals surface area contributed by atoms with E-state index in [0.29, 0.717) is 6.61 Å². The third kappa shape index (κ3) is 3.90. The van der Waals surface area contributed by atoms with Crippen molar-refractivity contribution in [1.29, 1.82) is 0 Å². The van der Waals surface area contributed by atoms with Crippen molar-refractivity contribution in [3.8, 4) is 0 Å². The molecule has 0 radical (unpaired) electrons. The number of rotatable bonds is 2. The maximum Gasteiger partial charge on any atom is 0.0884 e. The monoisotopic (exact) mass is 182 g/mol. The van der Waals surface area contributed by atoms with E-state index in [2.05, 4.69) is 4.98 Å². The Morgan fingerprint density at radius 3 is 2.54 bits per heavy atom. The number of pyridine rings is 1. The Hall–Kier alpha value is -1.09. The lowest BCUT2D eigenvalue weighted by atomic mass is 10.2. The van der Waals surface area contributed by atoms with Crippen molar-refractivity contribution in [3.05, 3.63) is 23.5 Å². The molecule has 1 heterocycles. The van der Waals surface area contributed by atoms with Crippen LogP contribution in [0.25, 0.3) is 0 Å². The second-order valence-electron chi connectivity index (χ2n) is 2.47. The molecule has 0 aromatic carbocycles. The molecule has 0 aliphatic carbocycles. The number of anilines is 1. The second-order valence-corrected chi connectivity index (χ2v) is 2.47. The summed E-state index contributed by atoms with van der Waals surface area (Å²) in [6.07, 6.45) is 1.75. The van der Waals surface area contributed by atoms with Crippen LogP contribution in [0.5, 0.6) is 0 Å². The Kier molecular flexibility index (Phi) is 5.89. The normalized spacial score (nSPS) is 8.92. The number of methoxy groups -OCH3 is 1. The number of aryl methyl sites for hydroxylation is 1. The summed E-state index contributed by atoms with van der Waals surface area (Å²) in [6.45, 7) is 6.45. The molecule has 0 atom stereocenters. The van der Waals surface area contributed by atoms with E-state index in [4.69, 9.17) is 10.5 Å². The van der Waals surface area contributed by atoms with E-state index in [1.165, 1.54) is 0 Å². The minimum atomic E-state index is 0.518. The fourth-order valence-corrected chi connectivity index (χ4v) is 0.812. The van der Waals surface area contributed by atoms with Gasteiger partial charge in [0.05, 0.1) is 12.3 Å². The molecule has 0 unspecified atom stereocenters. The predicted octanol–water partition coefficient (Wildman–Crippen LogP) is 2.14. The lowest BCUT2D eigenvalue weighted by molar-refractivity contribution is 0.181. The van der Waals surface area contributed by atoms with E-state index in [-0.39, 0.29) is 0 Å². The molecule has 0 saturated carbocycles. The molecule has 13 heavy (non-hydrogen) atoms. The van der Waals surface area contributed by atoms with Crippen LogP contribution in [0.1, 0.15) is 25.1 Å². The van der Waals surface area contributed by atoms with Crippen LogP contribution in [0.15, 0.2) is 12.3 Å². The van der Waals surface area contributed by atoms with E-state index in [0.717, 1.165) is 16.9 Å². The minimum absolute atomic E-state index is 0.518. The first-order valence-electron chi connectivity index (χ1n) is 4.44. The Bertz CT molecular complexity index is 249. The first kappa shape index (κ1) is 11.9. The van der Waals surface area contributed by atoms with E-state index < -0.39 is 0 Å². The average Bonchev–Trinajstić information content (AvgIpc) is 2.15. The van der Waals surface area contributed by atoms with Crippen molar-refractivity contribution >= 4 is 5.69 Å². The number of nitrogens with two attached hydrogens (primary N) is 1. The molecule has 0 amide bonds. The largest absolute Gasteiger partial charge is 0.398 e. The van der Waals surface area contributed by atoms with Gasteiger partial charge in [-0.15, -0.1) is 0 Å². The van der Waals surface area contributed by atoms with Gasteiger partial charge in [-0.25, -0.2) is 0 Å². The standard InChI is InChI=1S/C8H12N2O.C2H6/c1-6-4-10-7(5-11-2)3-8(6)9;1-2/h3-4H,5H2,1-2H3,(H2,9,10);1-2H3. The van der Waals surface area contributed by atoms with Gasteiger partial charge in [-0.05, 0) is 18.6 Å². The first-order chi connectivity index (χ1) is 6.24. The molecule has 0 bridgehead atoms. The molecule has 0 aliphatic rings. The minimum Gasteiger partial charge on any atom is -0.398 e. The summed E-state index contributed by atoms with van der Waals surface area (Å²) in [7, 11) is 1.64. The summed E-state index contributed by atoms with van der Waals surface area (Å²) in [5, 5.41) is 0. The SMILES string of the molecule is CC.COCc1cc(N)c(C)cn1. The highest BCUT2D eigenvalue weighted by Crippen LogP contribution is 2.09. The summed E-state index contributed by atoms with van der Waals surface area (Å²) in [5.74, 6) is 0. The molecule has 74 valence electrons. The molecular formula is C10H18N2O. The number of hydrogen-bond acceptors (Lipinski definition) is 3. The third-order valence-corrected chi connectivity index (χ3v) is 1.49. The fraction of sp³-hybridized carbons (Fsp3) is 0.500. The molecule has 3 nitrogen and oxygen atoms in total. The van der Waals surface area contributed by atoms with Crippen LogP contribution in [0.3, 0.4) is 0 Å². The van der Waals surface area contributed by atoms with Gasteiger partial charge in [0.25, 0.3) is 0 Å². The van der Waals surface area contributed by atoms with Crippen molar-refractivity contribution in [1.82, 2.24) is 4.98 Å². The Balaban J connectivity index is 0.000000671. The number of aromatic nitrogens is 1. The summed E-state index contributed by atoms with van der Waals surface area (Å²) in [6, 6.07) is 1.83. The molecule has 3 heteroatoms. The summed E-state index contributed by atoms with van der Waals surface area (Å²) >= 11 is 0. The van der Waals surface area contributed by atoms with Crippen molar-refractivity contribution in [2.75, 3.05) is 12.8 Å². The van der Waals surface area contributed by atoms with E-state index >= 15 is 0 Å². The predicted molar refractivity (Wildman–Crippen MR) is 55.4 cm³/mol. The van der Waals surface area contributed by atoms with Gasteiger partial charge in [-0.3, -0.25) is 4.98 Å². The van der Waals surface area contributed by atoms with Crippen molar-refractivity contribution < 1.29 is 4.74 Å². The highest BCUT2D eigenvalue weighted by Gasteiger charge is 1.96. The van der Waals surface area contributed by atoms with Gasteiger partial charge in [0.15, 0.2) is 0 Å². The fourth-order valence-electron chi connectivity index (χ4n) is 0.812. The number of ether oxygens (including phenoxy) is 1. The molecule has 0 saturated heterocycles. The molecule has 0 spiro atoms. The molecular weight excluding hydrogens is 164 g/mol. The zero-order valence-corrected chi connectivity index (χ0v) is 8.79. The van der Waals surface area contributed by atoms with Crippen LogP contribution >= 0.6 is 0 Å². The topological polar surface area (TPSA) is 48.1 Å². The second kappa shape index (κ2) is 6.43. The average molecular weight is 182 g/mol.